The molecule has 0 saturated carbocycles. The number of amides is 3. The summed E-state index contributed by atoms with van der Waals surface area (Å²) in [7, 11) is 0. The Bertz CT molecular complexity index is 972. The summed E-state index contributed by atoms with van der Waals surface area (Å²) in [6.07, 6.45) is 2.64. The van der Waals surface area contributed by atoms with Crippen molar-refractivity contribution in [1.82, 2.24) is 5.32 Å². The molecule has 1 fully saturated rings. The van der Waals surface area contributed by atoms with Crippen molar-refractivity contribution in [3.05, 3.63) is 53.6 Å². The third-order valence-electron chi connectivity index (χ3n) is 5.46. The highest BCUT2D eigenvalue weighted by molar-refractivity contribution is 6.06. The van der Waals surface area contributed by atoms with Gasteiger partial charge in [-0.05, 0) is 49.1 Å². The minimum absolute atomic E-state index is 0.0264. The maximum absolute atomic E-state index is 12.5. The second-order valence-corrected chi connectivity index (χ2v) is 7.31. The van der Waals surface area contributed by atoms with Gasteiger partial charge in [-0.2, -0.15) is 0 Å². The number of aryl methyl sites for hydroxylation is 1. The van der Waals surface area contributed by atoms with Crippen LogP contribution in [0.25, 0.3) is 0 Å². The normalized spacial score (nSPS) is 17.2. The molecule has 2 aliphatic rings. The van der Waals surface area contributed by atoms with E-state index in [0.717, 1.165) is 42.7 Å². The zero-order valence-corrected chi connectivity index (χ0v) is 16.3. The van der Waals surface area contributed by atoms with E-state index in [1.807, 2.05) is 37.3 Å². The Morgan fingerprint density at radius 2 is 2.03 bits per heavy atom. The lowest BCUT2D eigenvalue weighted by atomic mass is 10.1. The Morgan fingerprint density at radius 3 is 2.86 bits per heavy atom. The minimum Gasteiger partial charge on any atom is -0.358 e. The van der Waals surface area contributed by atoms with E-state index in [4.69, 9.17) is 0 Å². The van der Waals surface area contributed by atoms with Gasteiger partial charge in [0.2, 0.25) is 11.8 Å². The van der Waals surface area contributed by atoms with E-state index in [2.05, 4.69) is 20.9 Å². The molecule has 3 amide bonds. The first-order valence-electron chi connectivity index (χ1n) is 9.94. The van der Waals surface area contributed by atoms with E-state index in [-0.39, 0.29) is 30.3 Å². The topological polar surface area (TPSA) is 90.5 Å². The highest BCUT2D eigenvalue weighted by Crippen LogP contribution is 2.37. The average molecular weight is 392 g/mol. The Morgan fingerprint density at radius 1 is 1.21 bits per heavy atom. The molecule has 1 atom stereocenters. The molecular weight excluding hydrogens is 368 g/mol. The molecule has 0 aromatic heterocycles. The van der Waals surface area contributed by atoms with Gasteiger partial charge < -0.3 is 20.9 Å². The molecule has 2 aromatic carbocycles. The van der Waals surface area contributed by atoms with Crippen LogP contribution in [0.1, 0.15) is 35.7 Å². The molecule has 0 bridgehead atoms. The zero-order chi connectivity index (χ0) is 20.4. The van der Waals surface area contributed by atoms with E-state index in [1.165, 1.54) is 0 Å². The number of hydrogen-bond donors (Lipinski definition) is 3. The predicted molar refractivity (Wildman–Crippen MR) is 112 cm³/mol. The van der Waals surface area contributed by atoms with Crippen LogP contribution < -0.4 is 20.9 Å². The number of hydrogen-bond acceptors (Lipinski definition) is 4. The largest absolute Gasteiger partial charge is 0.358 e. The summed E-state index contributed by atoms with van der Waals surface area (Å²) in [5, 5.41) is 8.37. The van der Waals surface area contributed by atoms with Gasteiger partial charge in [0.15, 0.2) is 0 Å². The van der Waals surface area contributed by atoms with Crippen molar-refractivity contribution in [2.24, 2.45) is 0 Å². The van der Waals surface area contributed by atoms with E-state index in [9.17, 15) is 14.4 Å². The SMILES string of the molecule is CCc1ccccc1NC(=O)CNC(=O)c1ccc2c(c1)NC(=O)[C@@H]1CCCN21. The molecule has 2 aromatic rings. The van der Waals surface area contributed by atoms with E-state index < -0.39 is 0 Å². The van der Waals surface area contributed by atoms with Crippen molar-refractivity contribution >= 4 is 34.8 Å². The second kappa shape index (κ2) is 7.95. The van der Waals surface area contributed by atoms with Crippen molar-refractivity contribution in [2.75, 3.05) is 28.6 Å². The zero-order valence-electron chi connectivity index (χ0n) is 16.3. The molecule has 4 rings (SSSR count). The Balaban J connectivity index is 1.40. The van der Waals surface area contributed by atoms with Crippen LogP contribution >= 0.6 is 0 Å². The molecule has 7 nitrogen and oxygen atoms in total. The van der Waals surface area contributed by atoms with Crippen LogP contribution in [0.2, 0.25) is 0 Å². The third kappa shape index (κ3) is 3.81. The molecule has 0 radical (unpaired) electrons. The van der Waals surface area contributed by atoms with Gasteiger partial charge in [0, 0.05) is 17.8 Å². The van der Waals surface area contributed by atoms with E-state index >= 15 is 0 Å². The lowest BCUT2D eigenvalue weighted by Gasteiger charge is -2.33. The van der Waals surface area contributed by atoms with Crippen molar-refractivity contribution in [1.29, 1.82) is 0 Å². The van der Waals surface area contributed by atoms with Gasteiger partial charge in [0.25, 0.3) is 5.91 Å². The first-order valence-corrected chi connectivity index (χ1v) is 9.94. The molecule has 7 heteroatoms. The van der Waals surface area contributed by atoms with Crippen molar-refractivity contribution < 1.29 is 14.4 Å². The lowest BCUT2D eigenvalue weighted by Crippen LogP contribution is -2.44. The van der Waals surface area contributed by atoms with Gasteiger partial charge in [-0.3, -0.25) is 14.4 Å². The molecule has 0 spiro atoms. The maximum Gasteiger partial charge on any atom is 0.251 e. The molecular formula is C22H24N4O3. The quantitative estimate of drug-likeness (QED) is 0.729. The fourth-order valence-electron chi connectivity index (χ4n) is 3.98. The number of anilines is 3. The van der Waals surface area contributed by atoms with E-state index in [1.54, 1.807) is 12.1 Å². The summed E-state index contributed by atoms with van der Waals surface area (Å²) in [4.78, 5) is 39.1. The summed E-state index contributed by atoms with van der Waals surface area (Å²) in [5.41, 5.74) is 3.78. The molecule has 29 heavy (non-hydrogen) atoms. The monoisotopic (exact) mass is 392 g/mol. The standard InChI is InChI=1S/C22H24N4O3/c1-2-14-6-3-4-7-16(14)24-20(27)13-23-21(28)15-9-10-18-17(12-15)25-22(29)19-8-5-11-26(18)19/h3-4,6-7,9-10,12,19H,2,5,8,11,13H2,1H3,(H,23,28)(H,24,27)(H,25,29)/t19-/m0/s1. The van der Waals surface area contributed by atoms with Gasteiger partial charge in [0.1, 0.15) is 6.04 Å². The smallest absolute Gasteiger partial charge is 0.251 e. The number of carbonyl (C=O) groups is 3. The first kappa shape index (κ1) is 19.0. The lowest BCUT2D eigenvalue weighted by molar-refractivity contribution is -0.117. The van der Waals surface area contributed by atoms with Crippen molar-refractivity contribution in [2.45, 2.75) is 32.2 Å². The molecule has 150 valence electrons. The van der Waals surface area contributed by atoms with Crippen LogP contribution in [0, 0.1) is 0 Å². The Labute approximate surface area is 169 Å². The number of benzene rings is 2. The third-order valence-corrected chi connectivity index (χ3v) is 5.46. The summed E-state index contributed by atoms with van der Waals surface area (Å²) in [6.45, 7) is 2.73. The summed E-state index contributed by atoms with van der Waals surface area (Å²) in [6, 6.07) is 12.7. The second-order valence-electron chi connectivity index (χ2n) is 7.31. The fourth-order valence-corrected chi connectivity index (χ4v) is 3.98. The number of nitrogens with zero attached hydrogens (tertiary/aromatic N) is 1. The molecule has 3 N–H and O–H groups in total. The van der Waals surface area contributed by atoms with Crippen molar-refractivity contribution in [3.8, 4) is 0 Å². The molecule has 0 aliphatic carbocycles. The van der Waals surface area contributed by atoms with Gasteiger partial charge in [0.05, 0.1) is 17.9 Å². The minimum atomic E-state index is -0.357. The van der Waals surface area contributed by atoms with Gasteiger partial charge in [-0.25, -0.2) is 0 Å². The van der Waals surface area contributed by atoms with Gasteiger partial charge in [-0.15, -0.1) is 0 Å². The fraction of sp³-hybridized carbons (Fsp3) is 0.318. The summed E-state index contributed by atoms with van der Waals surface area (Å²) >= 11 is 0. The van der Waals surface area contributed by atoms with Crippen LogP contribution in [-0.4, -0.2) is 36.9 Å². The Hall–Kier alpha value is -3.35. The van der Waals surface area contributed by atoms with Gasteiger partial charge >= 0.3 is 0 Å². The highest BCUT2D eigenvalue weighted by Gasteiger charge is 2.36. The number of para-hydroxylation sites is 1. The maximum atomic E-state index is 12.5. The average Bonchev–Trinajstić information content (AvgIpc) is 3.23. The van der Waals surface area contributed by atoms with Crippen LogP contribution in [0.4, 0.5) is 17.1 Å². The predicted octanol–water partition coefficient (Wildman–Crippen LogP) is 2.54. The molecule has 1 saturated heterocycles. The summed E-state index contributed by atoms with van der Waals surface area (Å²) in [5.74, 6) is -0.670. The van der Waals surface area contributed by atoms with Crippen LogP contribution in [-0.2, 0) is 16.0 Å². The molecule has 0 unspecified atom stereocenters. The number of nitrogens with one attached hydrogen (secondary N) is 3. The number of fused-ring (bicyclic) bond motifs is 3. The van der Waals surface area contributed by atoms with Crippen LogP contribution in [0.15, 0.2) is 42.5 Å². The van der Waals surface area contributed by atoms with Crippen molar-refractivity contribution in [3.63, 3.8) is 0 Å². The molecule has 2 heterocycles. The number of carbonyl (C=O) groups excluding carboxylic acids is 3. The van der Waals surface area contributed by atoms with Crippen LogP contribution in [0.3, 0.4) is 0 Å². The highest BCUT2D eigenvalue weighted by atomic mass is 16.2. The van der Waals surface area contributed by atoms with Crippen LogP contribution in [0.5, 0.6) is 0 Å². The van der Waals surface area contributed by atoms with E-state index in [0.29, 0.717) is 11.3 Å². The first-order chi connectivity index (χ1) is 14.1. The Kier molecular flexibility index (Phi) is 5.20. The van der Waals surface area contributed by atoms with Gasteiger partial charge in [-0.1, -0.05) is 25.1 Å². The molecule has 2 aliphatic heterocycles. The number of rotatable bonds is 5. The summed E-state index contributed by atoms with van der Waals surface area (Å²) < 4.78 is 0.